The lowest BCUT2D eigenvalue weighted by molar-refractivity contribution is 0.102. The predicted octanol–water partition coefficient (Wildman–Crippen LogP) is 1.34. The van der Waals surface area contributed by atoms with Gasteiger partial charge in [-0.2, -0.15) is 0 Å². The average Bonchev–Trinajstić information content (AvgIpc) is 2.49. The second-order valence-corrected chi connectivity index (χ2v) is 4.09. The zero-order valence-corrected chi connectivity index (χ0v) is 10.4. The molecule has 3 rings (SSSR count). The number of pyridine rings is 2. The minimum absolute atomic E-state index is 0.0550. The van der Waals surface area contributed by atoms with Crippen LogP contribution < -0.4 is 10.9 Å². The maximum absolute atomic E-state index is 12.2. The second kappa shape index (κ2) is 4.93. The molecule has 0 radical (unpaired) electrons. The van der Waals surface area contributed by atoms with Crippen molar-refractivity contribution in [3.8, 4) is 0 Å². The minimum atomic E-state index is -0.506. The smallest absolute Gasteiger partial charge is 0.267 e. The largest absolute Gasteiger partial charge is 0.305 e. The van der Waals surface area contributed by atoms with Crippen LogP contribution in [-0.2, 0) is 0 Å². The van der Waals surface area contributed by atoms with Crippen molar-refractivity contribution < 1.29 is 4.79 Å². The highest BCUT2D eigenvalue weighted by molar-refractivity contribution is 6.03. The van der Waals surface area contributed by atoms with E-state index in [1.165, 1.54) is 29.1 Å². The third-order valence-corrected chi connectivity index (χ3v) is 2.81. The molecule has 0 spiro atoms. The Kier molecular flexibility index (Phi) is 2.96. The number of hydrogen-bond donors (Lipinski definition) is 1. The zero-order valence-electron chi connectivity index (χ0n) is 10.4. The number of fused-ring (bicyclic) bond motifs is 1. The fraction of sp³-hybridized carbons (Fsp3) is 0. The minimum Gasteiger partial charge on any atom is -0.305 e. The van der Waals surface area contributed by atoms with E-state index in [2.05, 4.69) is 15.3 Å². The summed E-state index contributed by atoms with van der Waals surface area (Å²) >= 11 is 0. The first-order chi connectivity index (χ1) is 9.75. The molecule has 0 aliphatic heterocycles. The molecular formula is C14H10N4O2. The summed E-state index contributed by atoms with van der Waals surface area (Å²) in [5.74, 6) is -0.205. The molecule has 20 heavy (non-hydrogen) atoms. The van der Waals surface area contributed by atoms with Gasteiger partial charge >= 0.3 is 0 Å². The van der Waals surface area contributed by atoms with Gasteiger partial charge in [0.05, 0.1) is 6.20 Å². The van der Waals surface area contributed by atoms with Gasteiger partial charge < -0.3 is 5.32 Å². The molecule has 6 nitrogen and oxygen atoms in total. The van der Waals surface area contributed by atoms with Crippen molar-refractivity contribution in [2.45, 2.75) is 0 Å². The Morgan fingerprint density at radius 1 is 1.15 bits per heavy atom. The van der Waals surface area contributed by atoms with Crippen LogP contribution in [-0.4, -0.2) is 20.3 Å². The van der Waals surface area contributed by atoms with Crippen molar-refractivity contribution >= 4 is 17.2 Å². The van der Waals surface area contributed by atoms with Crippen molar-refractivity contribution in [2.75, 3.05) is 5.32 Å². The Bertz CT molecular complexity index is 827. The first-order valence-electron chi connectivity index (χ1n) is 5.93. The Morgan fingerprint density at radius 2 is 2.05 bits per heavy atom. The zero-order chi connectivity index (χ0) is 13.9. The van der Waals surface area contributed by atoms with E-state index in [1.54, 1.807) is 24.4 Å². The van der Waals surface area contributed by atoms with E-state index >= 15 is 0 Å². The van der Waals surface area contributed by atoms with Crippen LogP contribution in [0, 0.1) is 0 Å². The summed E-state index contributed by atoms with van der Waals surface area (Å²) in [4.78, 5) is 32.1. The average molecular weight is 266 g/mol. The third-order valence-electron chi connectivity index (χ3n) is 2.81. The highest BCUT2D eigenvalue weighted by atomic mass is 16.2. The normalized spacial score (nSPS) is 10.4. The van der Waals surface area contributed by atoms with Crippen molar-refractivity contribution in [1.29, 1.82) is 0 Å². The van der Waals surface area contributed by atoms with Crippen molar-refractivity contribution in [3.05, 3.63) is 71.0 Å². The maximum Gasteiger partial charge on any atom is 0.267 e. The lowest BCUT2D eigenvalue weighted by Gasteiger charge is -2.05. The molecule has 0 aliphatic rings. The van der Waals surface area contributed by atoms with Gasteiger partial charge in [-0.1, -0.05) is 6.07 Å². The van der Waals surface area contributed by atoms with Crippen LogP contribution in [0.4, 0.5) is 5.82 Å². The molecule has 1 amide bonds. The van der Waals surface area contributed by atoms with Crippen LogP contribution in [0.2, 0.25) is 0 Å². The quantitative estimate of drug-likeness (QED) is 0.759. The van der Waals surface area contributed by atoms with E-state index in [9.17, 15) is 9.59 Å². The summed E-state index contributed by atoms with van der Waals surface area (Å²) in [5.41, 5.74) is 0.414. The number of anilines is 1. The van der Waals surface area contributed by atoms with Crippen LogP contribution in [0.5, 0.6) is 0 Å². The molecule has 0 saturated carbocycles. The molecule has 6 heteroatoms. The lowest BCUT2D eigenvalue weighted by atomic mass is 10.2. The van der Waals surface area contributed by atoms with Crippen LogP contribution in [0.15, 0.2) is 59.9 Å². The second-order valence-electron chi connectivity index (χ2n) is 4.09. The van der Waals surface area contributed by atoms with Crippen molar-refractivity contribution in [2.24, 2.45) is 0 Å². The van der Waals surface area contributed by atoms with E-state index in [4.69, 9.17) is 0 Å². The molecule has 0 aliphatic carbocycles. The summed E-state index contributed by atoms with van der Waals surface area (Å²) < 4.78 is 1.42. The monoisotopic (exact) mass is 266 g/mol. The maximum atomic E-state index is 12.2. The molecule has 0 aromatic carbocycles. The van der Waals surface area contributed by atoms with Gasteiger partial charge in [-0.25, -0.2) is 4.98 Å². The summed E-state index contributed by atoms with van der Waals surface area (Å²) in [6.45, 7) is 0. The highest BCUT2D eigenvalue weighted by Gasteiger charge is 2.12. The first kappa shape index (κ1) is 12.0. The molecule has 98 valence electrons. The first-order valence-corrected chi connectivity index (χ1v) is 5.93. The Hall–Kier alpha value is -3.02. The fourth-order valence-electron chi connectivity index (χ4n) is 1.87. The van der Waals surface area contributed by atoms with E-state index in [0.717, 1.165) is 5.52 Å². The molecule has 0 unspecified atom stereocenters. The van der Waals surface area contributed by atoms with Crippen molar-refractivity contribution in [1.82, 2.24) is 14.4 Å². The molecule has 1 N–H and O–H groups in total. The number of nitrogens with zero attached hydrogens (tertiary/aromatic N) is 3. The molecule has 0 atom stereocenters. The molecule has 3 aromatic heterocycles. The highest BCUT2D eigenvalue weighted by Crippen LogP contribution is 2.04. The van der Waals surface area contributed by atoms with Crippen LogP contribution in [0.1, 0.15) is 10.4 Å². The third kappa shape index (κ3) is 2.14. The SMILES string of the molecule is O=C(Nc1cnccn1)c1ccc2ccccn2c1=O. The van der Waals surface area contributed by atoms with Gasteiger partial charge in [-0.3, -0.25) is 19.0 Å². The molecular weight excluding hydrogens is 256 g/mol. The summed E-state index contributed by atoms with van der Waals surface area (Å²) in [5, 5.41) is 2.54. The molecule has 0 saturated heterocycles. The number of amides is 1. The molecule has 3 aromatic rings. The Labute approximate surface area is 113 Å². The van der Waals surface area contributed by atoms with Crippen molar-refractivity contribution in [3.63, 3.8) is 0 Å². The van der Waals surface area contributed by atoms with Crippen LogP contribution in [0.3, 0.4) is 0 Å². The van der Waals surface area contributed by atoms with Gasteiger partial charge in [0.25, 0.3) is 11.5 Å². The van der Waals surface area contributed by atoms with Crippen LogP contribution in [0.25, 0.3) is 5.52 Å². The number of nitrogens with one attached hydrogen (secondary N) is 1. The van der Waals surface area contributed by atoms with E-state index < -0.39 is 5.91 Å². The topological polar surface area (TPSA) is 76.4 Å². The van der Waals surface area contributed by atoms with E-state index in [-0.39, 0.29) is 11.1 Å². The van der Waals surface area contributed by atoms with Crippen LogP contribution >= 0.6 is 0 Å². The van der Waals surface area contributed by atoms with Gasteiger partial charge in [0.15, 0.2) is 5.82 Å². The Balaban J connectivity index is 2.00. The molecule has 0 bridgehead atoms. The number of rotatable bonds is 2. The van der Waals surface area contributed by atoms with Gasteiger partial charge in [0, 0.05) is 24.1 Å². The van der Waals surface area contributed by atoms with Gasteiger partial charge in [0.1, 0.15) is 5.56 Å². The lowest BCUT2D eigenvalue weighted by Crippen LogP contribution is -2.26. The standard InChI is InChI=1S/C14H10N4O2/c19-13(17-12-9-15-6-7-16-12)11-5-4-10-3-1-2-8-18(10)14(11)20/h1-9H,(H,16,17,19). The van der Waals surface area contributed by atoms with Gasteiger partial charge in [0.2, 0.25) is 0 Å². The number of hydrogen-bond acceptors (Lipinski definition) is 4. The van der Waals surface area contributed by atoms with Gasteiger partial charge in [-0.15, -0.1) is 0 Å². The summed E-state index contributed by atoms with van der Waals surface area (Å²) in [7, 11) is 0. The number of aromatic nitrogens is 3. The fourth-order valence-corrected chi connectivity index (χ4v) is 1.87. The predicted molar refractivity (Wildman–Crippen MR) is 73.7 cm³/mol. The number of carbonyl (C=O) groups excluding carboxylic acids is 1. The van der Waals surface area contributed by atoms with E-state index in [0.29, 0.717) is 5.82 Å². The Morgan fingerprint density at radius 3 is 2.85 bits per heavy atom. The van der Waals surface area contributed by atoms with E-state index in [1.807, 2.05) is 6.07 Å². The molecule has 3 heterocycles. The molecule has 0 fully saturated rings. The van der Waals surface area contributed by atoms with Gasteiger partial charge in [-0.05, 0) is 24.3 Å². The summed E-state index contributed by atoms with van der Waals surface area (Å²) in [6, 6.07) is 8.58. The number of carbonyl (C=O) groups is 1. The summed E-state index contributed by atoms with van der Waals surface area (Å²) in [6.07, 6.45) is 6.00.